The van der Waals surface area contributed by atoms with E-state index in [4.69, 9.17) is 4.74 Å². The molecule has 1 unspecified atom stereocenters. The van der Waals surface area contributed by atoms with E-state index in [2.05, 4.69) is 72.0 Å². The highest BCUT2D eigenvalue weighted by atomic mass is 16.5. The predicted octanol–water partition coefficient (Wildman–Crippen LogP) is 7.50. The van der Waals surface area contributed by atoms with Gasteiger partial charge in [0.15, 0.2) is 0 Å². The third-order valence-corrected chi connectivity index (χ3v) is 13.5. The number of nitrogens with zero attached hydrogens (tertiary/aromatic N) is 3. The molecule has 4 aromatic carbocycles. The van der Waals surface area contributed by atoms with Crippen molar-refractivity contribution >= 4 is 23.8 Å². The number of fused-ring (bicyclic) bond motifs is 2. The van der Waals surface area contributed by atoms with Gasteiger partial charge in [-0.2, -0.15) is 0 Å². The standard InChI is InChI=1S/C48H52N4O6/c53-38-10-15-41-36(29-38)9-13-40(33-4-2-1-3-5-33)45(41)34-6-11-39(12-7-34)58-27-22-31-18-23-50(24-19-31)48(57)51-25-20-32(21-26-51)35-8-14-42-37(28-35)30-52(47(42)56)43-16-17-44(54)49-46(43)55/h1-8,10-12,14-15,28-29,31-32,40,43,45,53H,9,13,16-27,30H2,(H,49,54,55)/t40-,43?,45+/m1/s1. The molecule has 0 radical (unpaired) electrons. The van der Waals surface area contributed by atoms with Crippen LogP contribution in [0.15, 0.2) is 91.0 Å². The van der Waals surface area contributed by atoms with E-state index in [0.29, 0.717) is 61.7 Å². The van der Waals surface area contributed by atoms with Gasteiger partial charge in [0.25, 0.3) is 5.91 Å². The first-order valence-electron chi connectivity index (χ1n) is 21.2. The zero-order valence-electron chi connectivity index (χ0n) is 33.0. The van der Waals surface area contributed by atoms with Crippen molar-refractivity contribution in [3.05, 3.63) is 130 Å². The molecular formula is C48H52N4O6. The normalized spacial score (nSPS) is 22.7. The summed E-state index contributed by atoms with van der Waals surface area (Å²) in [5.41, 5.74) is 7.86. The molecular weight excluding hydrogens is 729 g/mol. The summed E-state index contributed by atoms with van der Waals surface area (Å²) >= 11 is 0. The highest BCUT2D eigenvalue weighted by molar-refractivity contribution is 6.05. The lowest BCUT2D eigenvalue weighted by atomic mass is 9.69. The fraction of sp³-hybridized carbons (Fsp3) is 0.417. The van der Waals surface area contributed by atoms with Crippen molar-refractivity contribution in [3.63, 3.8) is 0 Å². The van der Waals surface area contributed by atoms with E-state index in [9.17, 15) is 24.3 Å². The van der Waals surface area contributed by atoms with E-state index < -0.39 is 11.9 Å². The molecule has 5 aliphatic rings. The molecule has 0 saturated carbocycles. The summed E-state index contributed by atoms with van der Waals surface area (Å²) in [6.45, 7) is 3.97. The van der Waals surface area contributed by atoms with E-state index >= 15 is 0 Å². The molecule has 0 aromatic heterocycles. The van der Waals surface area contributed by atoms with Gasteiger partial charge in [-0.3, -0.25) is 19.7 Å². The summed E-state index contributed by atoms with van der Waals surface area (Å²) in [6, 6.07) is 30.8. The van der Waals surface area contributed by atoms with Crippen molar-refractivity contribution < 1.29 is 29.0 Å². The largest absolute Gasteiger partial charge is 0.508 e. The summed E-state index contributed by atoms with van der Waals surface area (Å²) in [5.74, 6) is 1.77. The highest BCUT2D eigenvalue weighted by Gasteiger charge is 2.40. The van der Waals surface area contributed by atoms with Crippen LogP contribution in [0.2, 0.25) is 0 Å². The number of phenolic OH excluding ortho intramolecular Hbond substituents is 1. The number of rotatable bonds is 8. The fourth-order valence-electron chi connectivity index (χ4n) is 10.3. The van der Waals surface area contributed by atoms with Crippen LogP contribution in [0.4, 0.5) is 4.79 Å². The second kappa shape index (κ2) is 16.3. The molecule has 0 bridgehead atoms. The number of likely N-dealkylation sites (tertiary alicyclic amines) is 2. The molecule has 10 heteroatoms. The monoisotopic (exact) mass is 780 g/mol. The summed E-state index contributed by atoms with van der Waals surface area (Å²) in [5, 5.41) is 12.6. The predicted molar refractivity (Wildman–Crippen MR) is 220 cm³/mol. The molecule has 4 heterocycles. The number of carbonyl (C=O) groups is 4. The van der Waals surface area contributed by atoms with Crippen molar-refractivity contribution in [1.82, 2.24) is 20.0 Å². The van der Waals surface area contributed by atoms with Crippen molar-refractivity contribution in [1.29, 1.82) is 0 Å². The second-order valence-corrected chi connectivity index (χ2v) is 16.9. The zero-order chi connectivity index (χ0) is 39.8. The van der Waals surface area contributed by atoms with Crippen LogP contribution >= 0.6 is 0 Å². The average Bonchev–Trinajstić information content (AvgIpc) is 3.58. The van der Waals surface area contributed by atoms with E-state index in [-0.39, 0.29) is 30.2 Å². The number of hydrogen-bond donors (Lipinski definition) is 2. The molecule has 300 valence electrons. The lowest BCUT2D eigenvalue weighted by Gasteiger charge is -2.39. The maximum Gasteiger partial charge on any atom is 0.319 e. The molecule has 9 rings (SSSR count). The third kappa shape index (κ3) is 7.68. The number of benzene rings is 4. The van der Waals surface area contributed by atoms with Gasteiger partial charge in [-0.05, 0) is 133 Å². The summed E-state index contributed by atoms with van der Waals surface area (Å²) < 4.78 is 6.27. The van der Waals surface area contributed by atoms with Crippen LogP contribution in [0.25, 0.3) is 0 Å². The summed E-state index contributed by atoms with van der Waals surface area (Å²) in [4.78, 5) is 56.4. The van der Waals surface area contributed by atoms with Gasteiger partial charge in [-0.25, -0.2) is 4.79 Å². The van der Waals surface area contributed by atoms with E-state index in [1.807, 2.05) is 34.1 Å². The number of urea groups is 1. The van der Waals surface area contributed by atoms with E-state index in [1.165, 1.54) is 27.8 Å². The molecule has 4 aliphatic heterocycles. The number of amides is 5. The number of aromatic hydroxyl groups is 1. The smallest absolute Gasteiger partial charge is 0.319 e. The Labute approximate surface area is 340 Å². The maximum absolute atomic E-state index is 13.6. The van der Waals surface area contributed by atoms with E-state index in [1.54, 1.807) is 4.90 Å². The Bertz CT molecular complexity index is 2170. The van der Waals surface area contributed by atoms with Crippen LogP contribution in [0.3, 0.4) is 0 Å². The molecule has 3 saturated heterocycles. The fourth-order valence-corrected chi connectivity index (χ4v) is 10.3. The number of nitrogens with one attached hydrogen (secondary N) is 1. The van der Waals surface area contributed by atoms with E-state index in [0.717, 1.165) is 69.3 Å². The Hall–Kier alpha value is -5.64. The van der Waals surface area contributed by atoms with Crippen molar-refractivity contribution in [2.24, 2.45) is 5.92 Å². The number of carbonyl (C=O) groups excluding carboxylic acids is 4. The van der Waals surface area contributed by atoms with Gasteiger partial charge in [0, 0.05) is 50.6 Å². The Morgan fingerprint density at radius 2 is 1.45 bits per heavy atom. The quantitative estimate of drug-likeness (QED) is 0.179. The lowest BCUT2D eigenvalue weighted by Crippen LogP contribution is -2.52. The van der Waals surface area contributed by atoms with Gasteiger partial charge in [0.05, 0.1) is 6.61 Å². The van der Waals surface area contributed by atoms with Crippen molar-refractivity contribution in [3.8, 4) is 11.5 Å². The van der Waals surface area contributed by atoms with Gasteiger partial charge in [0.1, 0.15) is 17.5 Å². The van der Waals surface area contributed by atoms with Crippen LogP contribution < -0.4 is 10.1 Å². The van der Waals surface area contributed by atoms with Crippen molar-refractivity contribution in [2.45, 2.75) is 88.1 Å². The van der Waals surface area contributed by atoms with Crippen LogP contribution in [0.1, 0.15) is 113 Å². The first-order valence-corrected chi connectivity index (χ1v) is 21.2. The summed E-state index contributed by atoms with van der Waals surface area (Å²) in [6.07, 6.45) is 7.24. The first-order chi connectivity index (χ1) is 28.3. The Balaban J connectivity index is 0.729. The highest BCUT2D eigenvalue weighted by Crippen LogP contribution is 2.47. The molecule has 5 amide bonds. The molecule has 0 spiro atoms. The zero-order valence-corrected chi connectivity index (χ0v) is 33.0. The Morgan fingerprint density at radius 1 is 0.724 bits per heavy atom. The van der Waals surface area contributed by atoms with Gasteiger partial charge in [-0.1, -0.05) is 60.7 Å². The minimum Gasteiger partial charge on any atom is -0.508 e. The topological polar surface area (TPSA) is 119 Å². The minimum absolute atomic E-state index is 0.138. The number of phenols is 1. The molecule has 1 aliphatic carbocycles. The SMILES string of the molecule is O=C1CCC(N2Cc3cc(C4CCN(C(=O)N5CCC(CCOc6ccc([C@@H]7c8ccc(O)cc8CC[C@@H]7c7ccccc7)cc6)CC5)CC4)ccc3C2=O)C(=O)N1. The molecule has 10 nitrogen and oxygen atoms in total. The van der Waals surface area contributed by atoms with Gasteiger partial charge in [0.2, 0.25) is 11.8 Å². The number of piperidine rings is 3. The van der Waals surface area contributed by atoms with Gasteiger partial charge < -0.3 is 24.5 Å². The van der Waals surface area contributed by atoms with Gasteiger partial charge >= 0.3 is 6.03 Å². The molecule has 3 fully saturated rings. The summed E-state index contributed by atoms with van der Waals surface area (Å²) in [7, 11) is 0. The molecule has 4 aromatic rings. The van der Waals surface area contributed by atoms with Crippen LogP contribution in [0.5, 0.6) is 11.5 Å². The Morgan fingerprint density at radius 3 is 2.19 bits per heavy atom. The number of hydrogen-bond acceptors (Lipinski definition) is 6. The van der Waals surface area contributed by atoms with Gasteiger partial charge in [-0.15, -0.1) is 0 Å². The first kappa shape index (κ1) is 37.9. The van der Waals surface area contributed by atoms with Crippen molar-refractivity contribution in [2.75, 3.05) is 32.8 Å². The molecule has 2 N–H and O–H groups in total. The Kier molecular flexibility index (Phi) is 10.7. The minimum atomic E-state index is -0.615. The van der Waals surface area contributed by atoms with Crippen LogP contribution in [-0.4, -0.2) is 82.4 Å². The maximum atomic E-state index is 13.6. The van der Waals surface area contributed by atoms with Crippen LogP contribution in [0, 0.1) is 5.92 Å². The lowest BCUT2D eigenvalue weighted by molar-refractivity contribution is -0.136. The number of ether oxygens (including phenoxy) is 1. The molecule has 58 heavy (non-hydrogen) atoms. The van der Waals surface area contributed by atoms with Crippen LogP contribution in [-0.2, 0) is 22.6 Å². The number of imide groups is 1. The third-order valence-electron chi connectivity index (χ3n) is 13.5. The number of aryl methyl sites for hydroxylation is 1. The average molecular weight is 781 g/mol. The second-order valence-electron chi connectivity index (χ2n) is 16.9. The molecule has 3 atom stereocenters.